The van der Waals surface area contributed by atoms with Crippen LogP contribution >= 0.6 is 0 Å². The molecule has 2 fully saturated rings. The Labute approximate surface area is 247 Å². The molecule has 4 heterocycles. The smallest absolute Gasteiger partial charge is 0.410 e. The average molecular weight is 617 g/mol. The molecule has 4 rings (SSSR count). The van der Waals surface area contributed by atoms with Gasteiger partial charge in [-0.05, 0) is 41.5 Å². The summed E-state index contributed by atoms with van der Waals surface area (Å²) in [6, 6.07) is 1.28. The quantitative estimate of drug-likeness (QED) is 0.345. The number of anilines is 2. The summed E-state index contributed by atoms with van der Waals surface area (Å²) in [5, 5.41) is 0. The van der Waals surface area contributed by atoms with Gasteiger partial charge in [0.2, 0.25) is 0 Å². The van der Waals surface area contributed by atoms with E-state index in [2.05, 4.69) is 9.97 Å². The highest BCUT2D eigenvalue weighted by molar-refractivity contribution is 5.69. The van der Waals surface area contributed by atoms with Gasteiger partial charge in [-0.25, -0.2) is 32.1 Å². The van der Waals surface area contributed by atoms with Crippen LogP contribution in [0, 0.1) is 29.2 Å². The van der Waals surface area contributed by atoms with Gasteiger partial charge in [0.25, 0.3) is 5.95 Å². The summed E-state index contributed by atoms with van der Waals surface area (Å²) >= 11 is 0. The molecule has 238 valence electrons. The lowest BCUT2D eigenvalue weighted by Crippen LogP contribution is -2.50. The summed E-state index contributed by atoms with van der Waals surface area (Å²) in [5.41, 5.74) is -1.14. The van der Waals surface area contributed by atoms with Gasteiger partial charge in [-0.2, -0.15) is 9.37 Å². The third kappa shape index (κ3) is 9.82. The lowest BCUT2D eigenvalue weighted by Gasteiger charge is -2.36. The van der Waals surface area contributed by atoms with Gasteiger partial charge in [-0.15, -0.1) is 0 Å². The Hall–Kier alpha value is -3.91. The van der Waals surface area contributed by atoms with Gasteiger partial charge in [-0.3, -0.25) is 0 Å². The topological polar surface area (TPSA) is 91.3 Å². The van der Waals surface area contributed by atoms with E-state index in [0.717, 1.165) is 12.3 Å². The molecule has 2 amide bonds. The molecule has 0 unspecified atom stereocenters. The van der Waals surface area contributed by atoms with Crippen molar-refractivity contribution in [3.8, 4) is 0 Å². The molecule has 2 aromatic rings. The Morgan fingerprint density at radius 1 is 0.651 bits per heavy atom. The second-order valence-corrected chi connectivity index (χ2v) is 11.9. The van der Waals surface area contributed by atoms with Crippen LogP contribution in [0.1, 0.15) is 41.5 Å². The van der Waals surface area contributed by atoms with Gasteiger partial charge >= 0.3 is 12.2 Å². The van der Waals surface area contributed by atoms with Crippen molar-refractivity contribution in [3.63, 3.8) is 0 Å². The minimum absolute atomic E-state index is 0.111. The van der Waals surface area contributed by atoms with E-state index < -0.39 is 46.5 Å². The Balaban J connectivity index is 0.000000236. The van der Waals surface area contributed by atoms with E-state index in [1.54, 1.807) is 51.3 Å². The first kappa shape index (κ1) is 33.6. The summed E-state index contributed by atoms with van der Waals surface area (Å²) in [5.74, 6) is -5.13. The lowest BCUT2D eigenvalue weighted by molar-refractivity contribution is 0.0229. The molecule has 0 spiro atoms. The van der Waals surface area contributed by atoms with Crippen molar-refractivity contribution in [2.75, 3.05) is 62.2 Å². The third-order valence-corrected chi connectivity index (χ3v) is 6.12. The fourth-order valence-electron chi connectivity index (χ4n) is 4.15. The number of carbonyl (C=O) groups excluding carboxylic acids is 2. The number of hydrogen-bond acceptors (Lipinski definition) is 8. The van der Waals surface area contributed by atoms with E-state index in [0.29, 0.717) is 32.2 Å². The molecular weight excluding hydrogens is 579 g/mol. The molecular formula is C28H37F5N6O4. The predicted molar refractivity (Wildman–Crippen MR) is 148 cm³/mol. The second kappa shape index (κ2) is 13.6. The molecule has 2 aliphatic heterocycles. The fourth-order valence-corrected chi connectivity index (χ4v) is 4.15. The maximum absolute atomic E-state index is 13.7. The van der Waals surface area contributed by atoms with Crippen molar-refractivity contribution in [2.24, 2.45) is 0 Å². The minimum atomic E-state index is -1.34. The Morgan fingerprint density at radius 3 is 1.49 bits per heavy atom. The van der Waals surface area contributed by atoms with Crippen LogP contribution < -0.4 is 9.80 Å². The molecule has 0 radical (unpaired) electrons. The normalized spacial score (nSPS) is 16.0. The highest BCUT2D eigenvalue weighted by atomic mass is 19.2. The number of rotatable bonds is 2. The Bertz CT molecular complexity index is 1290. The van der Waals surface area contributed by atoms with Gasteiger partial charge in [0.05, 0.1) is 6.20 Å². The Kier molecular flexibility index (Phi) is 10.6. The molecule has 2 aliphatic rings. The van der Waals surface area contributed by atoms with Gasteiger partial charge in [0.1, 0.15) is 17.0 Å². The molecule has 2 aromatic heterocycles. The highest BCUT2D eigenvalue weighted by Gasteiger charge is 2.29. The van der Waals surface area contributed by atoms with E-state index in [-0.39, 0.29) is 43.9 Å². The number of ether oxygens (including phenoxy) is 2. The van der Waals surface area contributed by atoms with Crippen molar-refractivity contribution in [3.05, 3.63) is 47.5 Å². The number of halogens is 5. The summed E-state index contributed by atoms with van der Waals surface area (Å²) < 4.78 is 76.8. The van der Waals surface area contributed by atoms with Crippen molar-refractivity contribution < 1.29 is 41.0 Å². The minimum Gasteiger partial charge on any atom is -0.444 e. The lowest BCUT2D eigenvalue weighted by atomic mass is 10.2. The number of pyridine rings is 2. The van der Waals surface area contributed by atoms with E-state index >= 15 is 0 Å². The molecule has 10 nitrogen and oxygen atoms in total. The fraction of sp³-hybridized carbons (Fsp3) is 0.571. The van der Waals surface area contributed by atoms with Crippen molar-refractivity contribution in [2.45, 2.75) is 52.7 Å². The first-order valence-electron chi connectivity index (χ1n) is 13.7. The maximum Gasteiger partial charge on any atom is 0.410 e. The first-order chi connectivity index (χ1) is 19.9. The van der Waals surface area contributed by atoms with Crippen LogP contribution in [0.2, 0.25) is 0 Å². The molecule has 0 saturated carbocycles. The molecule has 0 atom stereocenters. The van der Waals surface area contributed by atoms with Crippen LogP contribution in [0.15, 0.2) is 18.3 Å². The van der Waals surface area contributed by atoms with Crippen LogP contribution in [-0.4, -0.2) is 95.5 Å². The number of hydrogen-bond donors (Lipinski definition) is 0. The Morgan fingerprint density at radius 2 is 1.07 bits per heavy atom. The van der Waals surface area contributed by atoms with Crippen LogP contribution in [0.5, 0.6) is 0 Å². The number of nitrogens with zero attached hydrogens (tertiary/aromatic N) is 6. The van der Waals surface area contributed by atoms with Crippen LogP contribution in [0.4, 0.5) is 43.2 Å². The molecule has 2 saturated heterocycles. The van der Waals surface area contributed by atoms with E-state index in [1.165, 1.54) is 9.80 Å². The van der Waals surface area contributed by atoms with E-state index in [9.17, 15) is 31.5 Å². The van der Waals surface area contributed by atoms with Gasteiger partial charge in [0.15, 0.2) is 29.1 Å². The number of amides is 2. The second-order valence-electron chi connectivity index (χ2n) is 11.9. The number of piperazine rings is 2. The number of aromatic nitrogens is 2. The molecule has 43 heavy (non-hydrogen) atoms. The van der Waals surface area contributed by atoms with Gasteiger partial charge in [0, 0.05) is 64.5 Å². The summed E-state index contributed by atoms with van der Waals surface area (Å²) in [6.45, 7) is 13.5. The van der Waals surface area contributed by atoms with Crippen LogP contribution in [0.3, 0.4) is 0 Å². The van der Waals surface area contributed by atoms with E-state index in [1.807, 2.05) is 0 Å². The molecule has 0 aromatic carbocycles. The first-order valence-corrected chi connectivity index (χ1v) is 13.7. The largest absolute Gasteiger partial charge is 0.444 e. The zero-order valence-electron chi connectivity index (χ0n) is 25.1. The molecule has 15 heteroatoms. The maximum atomic E-state index is 13.7. The zero-order valence-corrected chi connectivity index (χ0v) is 25.1. The monoisotopic (exact) mass is 616 g/mol. The molecule has 0 aliphatic carbocycles. The summed E-state index contributed by atoms with van der Waals surface area (Å²) in [4.78, 5) is 37.1. The molecule has 0 N–H and O–H groups in total. The van der Waals surface area contributed by atoms with Crippen molar-refractivity contribution in [1.82, 2.24) is 19.8 Å². The van der Waals surface area contributed by atoms with Gasteiger partial charge < -0.3 is 29.1 Å². The summed E-state index contributed by atoms with van der Waals surface area (Å²) in [7, 11) is 0. The third-order valence-electron chi connectivity index (χ3n) is 6.12. The standard InChI is InChI=1S/C14H18F3N3O2.C14H19F2N3O2/c1-14(2,3)22-13(21)20-6-4-19(5-7-20)12-10(16)8-9(15)11(17)18-12;1-14(2,3)21-13(20)19-6-4-18(5-7-19)12-11(16)8-10(15)9-17-12/h8H,4-7H2,1-3H3;8-9H,4-7H2,1-3H3. The SMILES string of the molecule is CC(C)(C)OC(=O)N1CCN(c2nc(F)c(F)cc2F)CC1.CC(C)(C)OC(=O)N1CCN(c2ncc(F)cc2F)CC1. The highest BCUT2D eigenvalue weighted by Crippen LogP contribution is 2.22. The summed E-state index contributed by atoms with van der Waals surface area (Å²) in [6.07, 6.45) is 0.152. The van der Waals surface area contributed by atoms with E-state index in [4.69, 9.17) is 9.47 Å². The van der Waals surface area contributed by atoms with Crippen LogP contribution in [-0.2, 0) is 9.47 Å². The molecule has 0 bridgehead atoms. The van der Waals surface area contributed by atoms with Crippen LogP contribution in [0.25, 0.3) is 0 Å². The average Bonchev–Trinajstić information content (AvgIpc) is 2.89. The predicted octanol–water partition coefficient (Wildman–Crippen LogP) is 4.97. The number of carbonyl (C=O) groups is 2. The van der Waals surface area contributed by atoms with Gasteiger partial charge in [-0.1, -0.05) is 0 Å². The zero-order chi connectivity index (χ0) is 32.1. The van der Waals surface area contributed by atoms with Crippen molar-refractivity contribution in [1.29, 1.82) is 0 Å². The van der Waals surface area contributed by atoms with Crippen molar-refractivity contribution >= 4 is 23.8 Å².